The van der Waals surface area contributed by atoms with Crippen molar-refractivity contribution in [2.75, 3.05) is 7.05 Å². The molecule has 5 aromatic rings. The molecule has 4 heterocycles. The number of pyridine rings is 1. The third-order valence-electron chi connectivity index (χ3n) is 4.67. The molecule has 156 valence electrons. The van der Waals surface area contributed by atoms with Crippen molar-refractivity contribution in [1.82, 2.24) is 24.7 Å². The summed E-state index contributed by atoms with van der Waals surface area (Å²) in [5.41, 5.74) is 5.30. The third-order valence-corrected chi connectivity index (χ3v) is 5.35. The zero-order chi connectivity index (χ0) is 21.8. The highest BCUT2D eigenvalue weighted by Crippen LogP contribution is 2.27. The number of thiophene rings is 1. The van der Waals surface area contributed by atoms with Crippen LogP contribution in [-0.2, 0) is 6.54 Å². The first-order valence-electron chi connectivity index (χ1n) is 9.41. The Morgan fingerprint density at radius 2 is 2.19 bits per heavy atom. The van der Waals surface area contributed by atoms with Crippen molar-refractivity contribution >= 4 is 40.3 Å². The highest BCUT2D eigenvalue weighted by atomic mass is 32.1. The second kappa shape index (κ2) is 8.90. The fourth-order valence-corrected chi connectivity index (χ4v) is 3.92. The number of carboxylic acids is 1. The number of nitrogens with one attached hydrogen (secondary N) is 2. The largest absolute Gasteiger partial charge is 0.476 e. The van der Waals surface area contributed by atoms with E-state index < -0.39 is 5.97 Å². The van der Waals surface area contributed by atoms with Crippen molar-refractivity contribution in [3.8, 4) is 11.3 Å². The number of aldehydes is 1. The number of nitrogens with zero attached hydrogens (tertiary/aromatic N) is 3. The number of carboxylic acid groups (broad SMARTS) is 1. The monoisotopic (exact) mass is 433 g/mol. The van der Waals surface area contributed by atoms with E-state index in [1.54, 1.807) is 30.7 Å². The SMILES string of the molecule is CNCc1ccc2nc[nH]c2c1.O=Cc1cccn2c(C(=O)O)c(-c3ccsc3)nc12. The molecule has 8 nitrogen and oxygen atoms in total. The van der Waals surface area contributed by atoms with Crippen molar-refractivity contribution in [3.05, 3.63) is 76.5 Å². The number of hydrogen-bond donors (Lipinski definition) is 3. The average Bonchev–Trinajstić information content (AvgIpc) is 3.52. The lowest BCUT2D eigenvalue weighted by Gasteiger charge is -1.98. The van der Waals surface area contributed by atoms with E-state index >= 15 is 0 Å². The summed E-state index contributed by atoms with van der Waals surface area (Å²) in [6.45, 7) is 0.898. The molecule has 0 atom stereocenters. The van der Waals surface area contributed by atoms with E-state index in [0.29, 0.717) is 23.2 Å². The summed E-state index contributed by atoms with van der Waals surface area (Å²) in [7, 11) is 1.94. The second-order valence-corrected chi connectivity index (χ2v) is 7.47. The molecule has 0 aliphatic heterocycles. The van der Waals surface area contributed by atoms with Gasteiger partial charge in [0.15, 0.2) is 12.0 Å². The molecule has 0 aliphatic carbocycles. The molecule has 0 amide bonds. The third kappa shape index (κ3) is 4.09. The number of hydrogen-bond acceptors (Lipinski definition) is 6. The Kier molecular flexibility index (Phi) is 5.87. The van der Waals surface area contributed by atoms with Crippen molar-refractivity contribution in [2.45, 2.75) is 6.54 Å². The van der Waals surface area contributed by atoms with Gasteiger partial charge >= 0.3 is 5.97 Å². The van der Waals surface area contributed by atoms with Crippen LogP contribution in [0.15, 0.2) is 59.7 Å². The Bertz CT molecular complexity index is 1350. The van der Waals surface area contributed by atoms with Crippen LogP contribution < -0.4 is 5.32 Å². The molecule has 0 spiro atoms. The smallest absolute Gasteiger partial charge is 0.355 e. The lowest BCUT2D eigenvalue weighted by Crippen LogP contribution is -2.04. The first kappa shape index (κ1) is 20.5. The van der Waals surface area contributed by atoms with Crippen molar-refractivity contribution < 1.29 is 14.7 Å². The molecular weight excluding hydrogens is 414 g/mol. The van der Waals surface area contributed by atoms with Gasteiger partial charge in [0.1, 0.15) is 11.3 Å². The molecule has 0 fully saturated rings. The fourth-order valence-electron chi connectivity index (χ4n) is 3.28. The zero-order valence-corrected chi connectivity index (χ0v) is 17.4. The molecule has 5 rings (SSSR count). The number of benzene rings is 1. The minimum atomic E-state index is -1.07. The number of aromatic carboxylic acids is 1. The van der Waals surface area contributed by atoms with Crippen molar-refractivity contribution in [1.29, 1.82) is 0 Å². The van der Waals surface area contributed by atoms with Gasteiger partial charge in [0, 0.05) is 23.7 Å². The van der Waals surface area contributed by atoms with Crippen LogP contribution in [0.4, 0.5) is 0 Å². The fraction of sp³-hybridized carbons (Fsp3) is 0.0909. The van der Waals surface area contributed by atoms with E-state index in [-0.39, 0.29) is 5.69 Å². The maximum absolute atomic E-state index is 11.4. The number of carbonyl (C=O) groups excluding carboxylic acids is 1. The Morgan fingerprint density at radius 3 is 2.90 bits per heavy atom. The van der Waals surface area contributed by atoms with Crippen LogP contribution in [0.3, 0.4) is 0 Å². The van der Waals surface area contributed by atoms with E-state index in [4.69, 9.17) is 0 Å². The summed E-state index contributed by atoms with van der Waals surface area (Å²) >= 11 is 1.46. The number of aromatic amines is 1. The highest BCUT2D eigenvalue weighted by Gasteiger charge is 2.21. The maximum Gasteiger partial charge on any atom is 0.355 e. The molecule has 0 saturated carbocycles. The Balaban J connectivity index is 0.000000166. The lowest BCUT2D eigenvalue weighted by molar-refractivity contribution is 0.0690. The van der Waals surface area contributed by atoms with Crippen LogP contribution in [-0.4, -0.2) is 43.8 Å². The van der Waals surface area contributed by atoms with Crippen LogP contribution in [0.5, 0.6) is 0 Å². The van der Waals surface area contributed by atoms with Crippen LogP contribution >= 0.6 is 11.3 Å². The van der Waals surface area contributed by atoms with Gasteiger partial charge in [-0.25, -0.2) is 14.8 Å². The van der Waals surface area contributed by atoms with Gasteiger partial charge in [-0.2, -0.15) is 11.3 Å². The number of rotatable bonds is 5. The van der Waals surface area contributed by atoms with E-state index in [0.717, 1.165) is 23.1 Å². The Hall–Kier alpha value is -3.82. The minimum Gasteiger partial charge on any atom is -0.476 e. The van der Waals surface area contributed by atoms with E-state index in [1.807, 2.05) is 23.9 Å². The molecule has 1 aromatic carbocycles. The zero-order valence-electron chi connectivity index (χ0n) is 16.6. The lowest BCUT2D eigenvalue weighted by atomic mass is 10.2. The Morgan fingerprint density at radius 1 is 1.32 bits per heavy atom. The van der Waals surface area contributed by atoms with Crippen LogP contribution in [0.2, 0.25) is 0 Å². The number of aromatic nitrogens is 4. The predicted octanol–water partition coefficient (Wildman–Crippen LogP) is 3.86. The van der Waals surface area contributed by atoms with Crippen molar-refractivity contribution in [2.24, 2.45) is 0 Å². The summed E-state index contributed by atoms with van der Waals surface area (Å²) < 4.78 is 1.43. The molecule has 9 heteroatoms. The van der Waals surface area contributed by atoms with Crippen molar-refractivity contribution in [3.63, 3.8) is 0 Å². The summed E-state index contributed by atoms with van der Waals surface area (Å²) in [6.07, 6.45) is 3.98. The van der Waals surface area contributed by atoms with Crippen LogP contribution in [0, 0.1) is 0 Å². The Labute approximate surface area is 181 Å². The summed E-state index contributed by atoms with van der Waals surface area (Å²) in [4.78, 5) is 34.0. The number of H-pyrrole nitrogens is 1. The number of fused-ring (bicyclic) bond motifs is 2. The van der Waals surface area contributed by atoms with E-state index in [2.05, 4.69) is 32.4 Å². The standard InChI is InChI=1S/C13H8N2O3S.C9H11N3/c16-6-8-2-1-4-15-11(13(17)18)10(14-12(8)15)9-3-5-19-7-9;1-10-5-7-2-3-8-9(4-7)12-6-11-8/h1-7H,(H,17,18);2-4,6,10H,5H2,1H3,(H,11,12). The van der Waals surface area contributed by atoms with Gasteiger partial charge in [0.25, 0.3) is 0 Å². The molecule has 0 unspecified atom stereocenters. The second-order valence-electron chi connectivity index (χ2n) is 6.69. The normalized spacial score (nSPS) is 10.7. The molecule has 4 aromatic heterocycles. The van der Waals surface area contributed by atoms with Gasteiger partial charge in [-0.3, -0.25) is 9.20 Å². The number of carbonyl (C=O) groups is 2. The molecule has 0 aliphatic rings. The quantitative estimate of drug-likeness (QED) is 0.363. The highest BCUT2D eigenvalue weighted by molar-refractivity contribution is 7.08. The van der Waals surface area contributed by atoms with E-state index in [1.165, 1.54) is 21.3 Å². The molecule has 0 bridgehead atoms. The van der Waals surface area contributed by atoms with Gasteiger partial charge in [-0.15, -0.1) is 0 Å². The van der Waals surface area contributed by atoms with E-state index in [9.17, 15) is 14.7 Å². The van der Waals surface area contributed by atoms with Crippen LogP contribution in [0.1, 0.15) is 26.4 Å². The molecule has 31 heavy (non-hydrogen) atoms. The summed E-state index contributed by atoms with van der Waals surface area (Å²) in [6, 6.07) is 11.3. The number of imidazole rings is 2. The average molecular weight is 433 g/mol. The van der Waals surface area contributed by atoms with Gasteiger partial charge in [0.2, 0.25) is 0 Å². The molecular formula is C22H19N5O3S. The van der Waals surface area contributed by atoms with Crippen LogP contribution in [0.25, 0.3) is 27.9 Å². The summed E-state index contributed by atoms with van der Waals surface area (Å²) in [5, 5.41) is 16.2. The van der Waals surface area contributed by atoms with Gasteiger partial charge in [-0.05, 0) is 48.3 Å². The predicted molar refractivity (Wildman–Crippen MR) is 120 cm³/mol. The first-order valence-corrected chi connectivity index (χ1v) is 10.4. The maximum atomic E-state index is 11.4. The molecule has 0 radical (unpaired) electrons. The first-order chi connectivity index (χ1) is 15.1. The molecule has 3 N–H and O–H groups in total. The minimum absolute atomic E-state index is 0.0668. The topological polar surface area (TPSA) is 112 Å². The molecule has 0 saturated heterocycles. The van der Waals surface area contributed by atoms with Gasteiger partial charge in [0.05, 0.1) is 22.9 Å². The summed E-state index contributed by atoms with van der Waals surface area (Å²) in [5.74, 6) is -1.07. The van der Waals surface area contributed by atoms with Gasteiger partial charge < -0.3 is 15.4 Å². The van der Waals surface area contributed by atoms with Gasteiger partial charge in [-0.1, -0.05) is 6.07 Å².